The highest BCUT2D eigenvalue weighted by Gasteiger charge is 2.18. The summed E-state index contributed by atoms with van der Waals surface area (Å²) in [7, 11) is 0. The smallest absolute Gasteiger partial charge is 0.266 e. The lowest BCUT2D eigenvalue weighted by atomic mass is 10.2. The topological polar surface area (TPSA) is 63.2 Å². The monoisotopic (exact) mass is 529 g/mol. The number of ether oxygens (including phenoxy) is 1. The van der Waals surface area contributed by atoms with Gasteiger partial charge in [-0.15, -0.1) is 11.3 Å². The number of hydrogen-bond donors (Lipinski definition) is 2. The molecular formula is C19H14BrCl2N3O2S2. The lowest BCUT2D eigenvalue weighted by molar-refractivity contribution is -0.125. The lowest BCUT2D eigenvalue weighted by Gasteiger charge is -2.16. The van der Waals surface area contributed by atoms with Crippen molar-refractivity contribution in [2.24, 2.45) is 0 Å². The van der Waals surface area contributed by atoms with E-state index in [2.05, 4.69) is 31.5 Å². The molecule has 2 aromatic carbocycles. The molecule has 150 valence electrons. The highest BCUT2D eigenvalue weighted by Crippen LogP contribution is 2.28. The fourth-order valence-corrected chi connectivity index (χ4v) is 3.94. The van der Waals surface area contributed by atoms with E-state index in [-0.39, 0.29) is 5.11 Å². The van der Waals surface area contributed by atoms with E-state index < -0.39 is 12.0 Å². The molecule has 1 aromatic heterocycles. The summed E-state index contributed by atoms with van der Waals surface area (Å²) >= 11 is 21.9. The van der Waals surface area contributed by atoms with E-state index in [0.717, 1.165) is 15.7 Å². The molecule has 1 unspecified atom stereocenters. The standard InChI is InChI=1S/C19H14BrCl2N3O2S2/c1-10(27-16-7-6-13(21)8-14(16)22)17(26)24-18(28)25-19-23-15(9-29-19)11-2-4-12(20)5-3-11/h2-10H,1H3,(H2,23,24,25,26,28). The zero-order valence-corrected chi connectivity index (χ0v) is 19.6. The van der Waals surface area contributed by atoms with Gasteiger partial charge in [-0.3, -0.25) is 10.1 Å². The SMILES string of the molecule is CC(Oc1ccc(Cl)cc1Cl)C(=O)NC(=S)Nc1nc(-c2ccc(Br)cc2)cs1. The Morgan fingerprint density at radius 2 is 1.97 bits per heavy atom. The predicted molar refractivity (Wildman–Crippen MR) is 126 cm³/mol. The van der Waals surface area contributed by atoms with Gasteiger partial charge in [-0.2, -0.15) is 0 Å². The number of carbonyl (C=O) groups excluding carboxylic acids is 1. The fourth-order valence-electron chi connectivity index (χ4n) is 2.24. The first-order valence-electron chi connectivity index (χ1n) is 8.27. The number of nitrogens with zero attached hydrogens (tertiary/aromatic N) is 1. The van der Waals surface area contributed by atoms with Crippen LogP contribution in [0.4, 0.5) is 5.13 Å². The van der Waals surface area contributed by atoms with Gasteiger partial charge in [0.05, 0.1) is 10.7 Å². The van der Waals surface area contributed by atoms with Crippen LogP contribution in [-0.4, -0.2) is 22.1 Å². The van der Waals surface area contributed by atoms with Gasteiger partial charge >= 0.3 is 0 Å². The number of thiocarbonyl (C=S) groups is 1. The first kappa shape index (κ1) is 22.0. The number of amides is 1. The van der Waals surface area contributed by atoms with Gasteiger partial charge in [0.2, 0.25) is 0 Å². The number of rotatable bonds is 5. The molecule has 10 heteroatoms. The van der Waals surface area contributed by atoms with Gasteiger partial charge in [-0.25, -0.2) is 4.98 Å². The van der Waals surface area contributed by atoms with E-state index in [9.17, 15) is 4.79 Å². The molecule has 29 heavy (non-hydrogen) atoms. The quantitative estimate of drug-likeness (QED) is 0.387. The van der Waals surface area contributed by atoms with Gasteiger partial charge in [0.1, 0.15) is 5.75 Å². The van der Waals surface area contributed by atoms with Gasteiger partial charge in [-0.05, 0) is 49.5 Å². The molecule has 5 nitrogen and oxygen atoms in total. The molecule has 3 aromatic rings. The first-order chi connectivity index (χ1) is 13.8. The van der Waals surface area contributed by atoms with Crippen molar-refractivity contribution in [2.75, 3.05) is 5.32 Å². The summed E-state index contributed by atoms with van der Waals surface area (Å²) in [5, 5.41) is 8.90. The Morgan fingerprint density at radius 3 is 2.66 bits per heavy atom. The van der Waals surface area contributed by atoms with Crippen LogP contribution in [-0.2, 0) is 4.79 Å². The molecule has 1 heterocycles. The molecule has 1 amide bonds. The van der Waals surface area contributed by atoms with Crippen molar-refractivity contribution in [1.82, 2.24) is 10.3 Å². The Bertz CT molecular complexity index is 1040. The van der Waals surface area contributed by atoms with Crippen LogP contribution in [0, 0.1) is 0 Å². The minimum absolute atomic E-state index is 0.129. The van der Waals surface area contributed by atoms with Crippen LogP contribution in [0.5, 0.6) is 5.75 Å². The van der Waals surface area contributed by atoms with E-state index in [1.807, 2.05) is 29.6 Å². The van der Waals surface area contributed by atoms with Gasteiger partial charge in [0.25, 0.3) is 5.91 Å². The van der Waals surface area contributed by atoms with E-state index in [1.54, 1.807) is 25.1 Å². The summed E-state index contributed by atoms with van der Waals surface area (Å²) in [4.78, 5) is 16.8. The second kappa shape index (κ2) is 9.86. The maximum atomic E-state index is 12.3. The highest BCUT2D eigenvalue weighted by atomic mass is 79.9. The third kappa shape index (κ3) is 6.13. The largest absolute Gasteiger partial charge is 0.479 e. The van der Waals surface area contributed by atoms with Crippen LogP contribution in [0.3, 0.4) is 0 Å². The maximum Gasteiger partial charge on any atom is 0.266 e. The van der Waals surface area contributed by atoms with E-state index in [1.165, 1.54) is 11.3 Å². The highest BCUT2D eigenvalue weighted by molar-refractivity contribution is 9.10. The lowest BCUT2D eigenvalue weighted by Crippen LogP contribution is -2.42. The fraction of sp³-hybridized carbons (Fsp3) is 0.105. The summed E-state index contributed by atoms with van der Waals surface area (Å²) in [5.74, 6) is -0.0603. The zero-order valence-electron chi connectivity index (χ0n) is 14.9. The molecule has 0 fully saturated rings. The molecule has 0 radical (unpaired) electrons. The number of anilines is 1. The average Bonchev–Trinajstić information content (AvgIpc) is 3.12. The van der Waals surface area contributed by atoms with Gasteiger partial charge in [0.15, 0.2) is 16.3 Å². The third-order valence-corrected chi connectivity index (χ3v) is 5.69. The van der Waals surface area contributed by atoms with Crippen LogP contribution in [0.25, 0.3) is 11.3 Å². The normalized spacial score (nSPS) is 11.6. The number of carbonyl (C=O) groups is 1. The predicted octanol–water partition coefficient (Wildman–Crippen LogP) is 6.16. The van der Waals surface area contributed by atoms with Crippen LogP contribution in [0.2, 0.25) is 10.0 Å². The summed E-state index contributed by atoms with van der Waals surface area (Å²) < 4.78 is 6.57. The van der Waals surface area contributed by atoms with Crippen molar-refractivity contribution < 1.29 is 9.53 Å². The second-order valence-electron chi connectivity index (χ2n) is 5.82. The van der Waals surface area contributed by atoms with Crippen molar-refractivity contribution in [3.63, 3.8) is 0 Å². The Labute approximate surface area is 195 Å². The van der Waals surface area contributed by atoms with Crippen molar-refractivity contribution >= 4 is 78.8 Å². The van der Waals surface area contributed by atoms with Crippen LogP contribution in [0.1, 0.15) is 6.92 Å². The van der Waals surface area contributed by atoms with Gasteiger partial charge in [0, 0.05) is 20.4 Å². The number of benzene rings is 2. The minimum Gasteiger partial charge on any atom is -0.479 e. The number of hydrogen-bond acceptors (Lipinski definition) is 5. The first-order valence-corrected chi connectivity index (χ1v) is 11.1. The summed E-state index contributed by atoms with van der Waals surface area (Å²) in [6.07, 6.45) is -0.817. The minimum atomic E-state index is -0.817. The molecule has 3 rings (SSSR count). The summed E-state index contributed by atoms with van der Waals surface area (Å²) in [6.45, 7) is 1.60. The molecule has 0 saturated heterocycles. The third-order valence-electron chi connectivity index (χ3n) is 3.67. The Hall–Kier alpha value is -1.71. The number of nitrogens with one attached hydrogen (secondary N) is 2. The molecule has 0 aliphatic rings. The van der Waals surface area contributed by atoms with Gasteiger partial charge < -0.3 is 10.1 Å². The molecule has 0 bridgehead atoms. The molecule has 2 N–H and O–H groups in total. The van der Waals surface area contributed by atoms with Crippen LogP contribution in [0.15, 0.2) is 52.3 Å². The summed E-state index contributed by atoms with van der Waals surface area (Å²) in [6, 6.07) is 12.6. The average molecular weight is 531 g/mol. The van der Waals surface area contributed by atoms with Crippen molar-refractivity contribution in [3.8, 4) is 17.0 Å². The summed E-state index contributed by atoms with van der Waals surface area (Å²) in [5.41, 5.74) is 1.79. The molecular weight excluding hydrogens is 517 g/mol. The van der Waals surface area contributed by atoms with Crippen molar-refractivity contribution in [1.29, 1.82) is 0 Å². The molecule has 0 spiro atoms. The molecule has 0 aliphatic heterocycles. The van der Waals surface area contributed by atoms with Gasteiger partial charge in [-0.1, -0.05) is 51.3 Å². The number of aromatic nitrogens is 1. The maximum absolute atomic E-state index is 12.3. The second-order valence-corrected chi connectivity index (χ2v) is 8.85. The molecule has 0 aliphatic carbocycles. The molecule has 1 atom stereocenters. The van der Waals surface area contributed by atoms with Crippen molar-refractivity contribution in [3.05, 3.63) is 62.4 Å². The van der Waals surface area contributed by atoms with E-state index >= 15 is 0 Å². The number of halogens is 3. The zero-order chi connectivity index (χ0) is 21.0. The Balaban J connectivity index is 1.56. The molecule has 0 saturated carbocycles. The van der Waals surface area contributed by atoms with Crippen LogP contribution >= 0.6 is 62.7 Å². The number of thiazole rings is 1. The van der Waals surface area contributed by atoms with E-state index in [4.69, 9.17) is 40.2 Å². The van der Waals surface area contributed by atoms with E-state index in [0.29, 0.717) is 20.9 Å². The van der Waals surface area contributed by atoms with Crippen molar-refractivity contribution in [2.45, 2.75) is 13.0 Å². The Kier molecular flexibility index (Phi) is 7.48. The Morgan fingerprint density at radius 1 is 1.24 bits per heavy atom. The van der Waals surface area contributed by atoms with Crippen LogP contribution < -0.4 is 15.4 Å².